The van der Waals surface area contributed by atoms with E-state index in [0.29, 0.717) is 11.3 Å². The molecule has 0 bridgehead atoms. The first-order valence-corrected chi connectivity index (χ1v) is 18.5. The van der Waals surface area contributed by atoms with Gasteiger partial charge in [-0.1, -0.05) is 85.5 Å². The van der Waals surface area contributed by atoms with Gasteiger partial charge >= 0.3 is 0 Å². The minimum atomic E-state index is -4.54. The van der Waals surface area contributed by atoms with Crippen LogP contribution in [-0.2, 0) is 32.6 Å². The molecule has 268 valence electrons. The third-order valence-corrected chi connectivity index (χ3v) is 11.1. The number of nitrogens with one attached hydrogen (secondary N) is 1. The number of carbonyl (C=O) groups excluding carboxylic acids is 2. The van der Waals surface area contributed by atoms with E-state index in [4.69, 9.17) is 4.74 Å². The normalized spacial score (nSPS) is 13.9. The summed E-state index contributed by atoms with van der Waals surface area (Å²) in [4.78, 5) is 41.3. The Hall–Kier alpha value is -5.23. The topological polar surface area (TPSA) is 139 Å². The molecule has 4 aromatic rings. The molecule has 0 spiro atoms. The first kappa shape index (κ1) is 37.0. The van der Waals surface area contributed by atoms with Crippen LogP contribution in [0.1, 0.15) is 54.4 Å². The Morgan fingerprint density at radius 2 is 1.57 bits per heavy atom. The number of ether oxygens (including phenoxy) is 1. The maximum absolute atomic E-state index is 14.8. The zero-order chi connectivity index (χ0) is 36.5. The second kappa shape index (κ2) is 16.7. The quantitative estimate of drug-likeness (QED) is 0.116. The van der Waals surface area contributed by atoms with Crippen LogP contribution in [0.25, 0.3) is 0 Å². The minimum Gasteiger partial charge on any atom is -0.497 e. The van der Waals surface area contributed by atoms with Gasteiger partial charge in [-0.05, 0) is 68.1 Å². The van der Waals surface area contributed by atoms with E-state index in [9.17, 15) is 28.1 Å². The monoisotopic (exact) mass is 712 g/mol. The Kier molecular flexibility index (Phi) is 12.1. The van der Waals surface area contributed by atoms with Crippen molar-refractivity contribution in [2.75, 3.05) is 18.0 Å². The highest BCUT2D eigenvalue weighted by Crippen LogP contribution is 2.30. The summed E-state index contributed by atoms with van der Waals surface area (Å²) in [6, 6.07) is 25.9. The molecule has 1 N–H and O–H groups in total. The van der Waals surface area contributed by atoms with Gasteiger partial charge in [0.15, 0.2) is 0 Å². The van der Waals surface area contributed by atoms with Gasteiger partial charge in [-0.25, -0.2) is 8.42 Å². The Morgan fingerprint density at radius 3 is 2.20 bits per heavy atom. The molecule has 51 heavy (non-hydrogen) atoms. The van der Waals surface area contributed by atoms with Crippen molar-refractivity contribution in [2.45, 2.75) is 75.9 Å². The molecule has 11 nitrogen and oxygen atoms in total. The second-order valence-electron chi connectivity index (χ2n) is 13.0. The Bertz CT molecular complexity index is 1930. The predicted octanol–water partition coefficient (Wildman–Crippen LogP) is 6.50. The molecule has 1 aliphatic rings. The average molecular weight is 713 g/mol. The van der Waals surface area contributed by atoms with Gasteiger partial charge in [-0.3, -0.25) is 24.0 Å². The van der Waals surface area contributed by atoms with E-state index in [1.807, 2.05) is 61.5 Å². The van der Waals surface area contributed by atoms with Gasteiger partial charge in [-0.15, -0.1) is 0 Å². The Balaban J connectivity index is 1.59. The molecule has 1 atom stereocenters. The number of carbonyl (C=O) groups is 2. The van der Waals surface area contributed by atoms with Crippen LogP contribution in [0.4, 0.5) is 11.4 Å². The summed E-state index contributed by atoms with van der Waals surface area (Å²) < 4.78 is 35.0. The van der Waals surface area contributed by atoms with Crippen LogP contribution < -0.4 is 14.4 Å². The highest BCUT2D eigenvalue weighted by atomic mass is 32.2. The van der Waals surface area contributed by atoms with E-state index in [1.54, 1.807) is 12.1 Å². The average Bonchev–Trinajstić information content (AvgIpc) is 3.13. The van der Waals surface area contributed by atoms with Crippen LogP contribution in [0.15, 0.2) is 102 Å². The molecule has 0 aromatic heterocycles. The van der Waals surface area contributed by atoms with Crippen molar-refractivity contribution in [1.29, 1.82) is 0 Å². The van der Waals surface area contributed by atoms with Crippen LogP contribution in [0, 0.1) is 24.0 Å². The molecule has 12 heteroatoms. The Labute approximate surface area is 299 Å². The van der Waals surface area contributed by atoms with Crippen LogP contribution in [-0.4, -0.2) is 55.8 Å². The number of hydrogen-bond acceptors (Lipinski definition) is 7. The van der Waals surface area contributed by atoms with E-state index < -0.39 is 33.4 Å². The predicted molar refractivity (Wildman–Crippen MR) is 196 cm³/mol. The number of sulfonamides is 1. The number of amides is 2. The zero-order valence-electron chi connectivity index (χ0n) is 29.2. The van der Waals surface area contributed by atoms with Crippen molar-refractivity contribution in [3.8, 4) is 5.75 Å². The fraction of sp³-hybridized carbons (Fsp3) is 0.333. The largest absolute Gasteiger partial charge is 0.497 e. The lowest BCUT2D eigenvalue weighted by Crippen LogP contribution is -2.55. The maximum atomic E-state index is 14.8. The van der Waals surface area contributed by atoms with E-state index in [-0.39, 0.29) is 41.2 Å². The molecule has 0 heterocycles. The number of benzene rings is 4. The number of nitrogens with zero attached hydrogens (tertiary/aromatic N) is 3. The van der Waals surface area contributed by atoms with Crippen LogP contribution in [0.5, 0.6) is 5.75 Å². The fourth-order valence-corrected chi connectivity index (χ4v) is 7.77. The first-order chi connectivity index (χ1) is 24.5. The second-order valence-corrected chi connectivity index (χ2v) is 14.8. The molecule has 2 amide bonds. The van der Waals surface area contributed by atoms with Crippen molar-refractivity contribution < 1.29 is 27.7 Å². The van der Waals surface area contributed by atoms with E-state index >= 15 is 0 Å². The number of hydrogen-bond donors (Lipinski definition) is 1. The van der Waals surface area contributed by atoms with Gasteiger partial charge in [-0.2, -0.15) is 0 Å². The number of nitro groups is 1. The van der Waals surface area contributed by atoms with Gasteiger partial charge in [0.05, 0.1) is 22.6 Å². The molecule has 0 radical (unpaired) electrons. The van der Waals surface area contributed by atoms with Gasteiger partial charge in [0.1, 0.15) is 18.3 Å². The molecule has 1 saturated carbocycles. The van der Waals surface area contributed by atoms with E-state index in [2.05, 4.69) is 5.32 Å². The molecular weight excluding hydrogens is 669 g/mol. The van der Waals surface area contributed by atoms with Crippen molar-refractivity contribution >= 4 is 33.2 Å². The fourth-order valence-electron chi connectivity index (χ4n) is 6.34. The standard InChI is InChI=1S/C39H44N4O7S/c1-28-14-17-31(18-15-28)26-41(37(24-30-10-6-4-7-11-30)39(45)40-32-12-8-5-9-13-32)38(44)27-42(33-19-21-34(50-3)22-20-33)51(48,49)35-23-16-29(2)36(25-35)43(46)47/h4,6-7,10-11,14-23,25,32,37H,5,8-9,12-13,24,26-27H2,1-3H3,(H,40,45)/t37-/m1/s1. The third-order valence-electron chi connectivity index (χ3n) is 9.30. The third kappa shape index (κ3) is 9.31. The molecule has 4 aromatic carbocycles. The number of aryl methyl sites for hydroxylation is 2. The van der Waals surface area contributed by atoms with Gasteiger partial charge in [0.2, 0.25) is 11.8 Å². The number of nitro benzene ring substituents is 1. The molecule has 1 fully saturated rings. The van der Waals surface area contributed by atoms with Crippen LogP contribution in [0.2, 0.25) is 0 Å². The zero-order valence-corrected chi connectivity index (χ0v) is 30.0. The summed E-state index contributed by atoms with van der Waals surface area (Å²) in [6.45, 7) is 2.84. The van der Waals surface area contributed by atoms with Gasteiger partial charge < -0.3 is 15.0 Å². The van der Waals surface area contributed by atoms with E-state index in [0.717, 1.165) is 59.2 Å². The summed E-state index contributed by atoms with van der Waals surface area (Å²) in [5.41, 5.74) is 2.72. The van der Waals surface area contributed by atoms with Gasteiger partial charge in [0, 0.05) is 30.6 Å². The molecular formula is C39H44N4O7S. The van der Waals surface area contributed by atoms with Crippen molar-refractivity contribution in [2.24, 2.45) is 0 Å². The van der Waals surface area contributed by atoms with Crippen molar-refractivity contribution in [3.63, 3.8) is 0 Å². The maximum Gasteiger partial charge on any atom is 0.273 e. The lowest BCUT2D eigenvalue weighted by atomic mass is 9.94. The smallest absolute Gasteiger partial charge is 0.273 e. The van der Waals surface area contributed by atoms with Gasteiger partial charge in [0.25, 0.3) is 15.7 Å². The highest BCUT2D eigenvalue weighted by Gasteiger charge is 2.36. The number of anilines is 1. The van der Waals surface area contributed by atoms with Crippen LogP contribution in [0.3, 0.4) is 0 Å². The molecule has 0 unspecified atom stereocenters. The summed E-state index contributed by atoms with van der Waals surface area (Å²) in [5, 5.41) is 15.0. The molecule has 0 aliphatic heterocycles. The first-order valence-electron chi connectivity index (χ1n) is 17.1. The minimum absolute atomic E-state index is 0.0191. The number of rotatable bonds is 14. The van der Waals surface area contributed by atoms with Crippen LogP contribution >= 0.6 is 0 Å². The highest BCUT2D eigenvalue weighted by molar-refractivity contribution is 7.92. The SMILES string of the molecule is COc1ccc(N(CC(=O)N(Cc2ccc(C)cc2)[C@H](Cc2ccccc2)C(=O)NC2CCCCC2)S(=O)(=O)c2ccc(C)c([N+](=O)[O-])c2)cc1. The molecule has 0 saturated heterocycles. The summed E-state index contributed by atoms with van der Waals surface area (Å²) in [6.07, 6.45) is 5.02. The molecule has 1 aliphatic carbocycles. The summed E-state index contributed by atoms with van der Waals surface area (Å²) in [7, 11) is -3.06. The summed E-state index contributed by atoms with van der Waals surface area (Å²) in [5.74, 6) is -0.452. The Morgan fingerprint density at radius 1 is 0.902 bits per heavy atom. The van der Waals surface area contributed by atoms with Crippen molar-refractivity contribution in [1.82, 2.24) is 10.2 Å². The number of methoxy groups -OCH3 is 1. The molecule has 5 rings (SSSR count). The lowest BCUT2D eigenvalue weighted by Gasteiger charge is -2.35. The van der Waals surface area contributed by atoms with Crippen molar-refractivity contribution in [3.05, 3.63) is 129 Å². The lowest BCUT2D eigenvalue weighted by molar-refractivity contribution is -0.385. The summed E-state index contributed by atoms with van der Waals surface area (Å²) >= 11 is 0. The van der Waals surface area contributed by atoms with E-state index in [1.165, 1.54) is 43.2 Å².